The molecule has 3 rings (SSSR count). The number of hydrogen-bond donors (Lipinski definition) is 1. The molecule has 0 unspecified atom stereocenters. The van der Waals surface area contributed by atoms with Gasteiger partial charge in [0.15, 0.2) is 0 Å². The maximum Gasteiger partial charge on any atom is 0.409 e. The molecule has 2 aromatic carbocycles. The number of carbonyl (C=O) groups is 2. The fraction of sp³-hybridized carbons (Fsp3) is 0.300. The molecule has 1 saturated heterocycles. The van der Waals surface area contributed by atoms with E-state index in [0.29, 0.717) is 26.2 Å². The molecule has 1 N–H and O–H groups in total. The molecule has 2 amide bonds. The summed E-state index contributed by atoms with van der Waals surface area (Å²) in [5, 5.41) is 0. The van der Waals surface area contributed by atoms with Crippen molar-refractivity contribution in [3.63, 3.8) is 0 Å². The molecule has 1 aliphatic heterocycles. The average Bonchev–Trinajstić information content (AvgIpc) is 2.75. The lowest BCUT2D eigenvalue weighted by molar-refractivity contribution is 0.0570. The second-order valence-corrected chi connectivity index (χ2v) is 8.27. The molecule has 1 fully saturated rings. The molecular formula is C20H22FN3O5S. The number of ether oxygens (including phenoxy) is 1. The van der Waals surface area contributed by atoms with E-state index < -0.39 is 21.9 Å². The molecule has 1 heterocycles. The van der Waals surface area contributed by atoms with Crippen molar-refractivity contribution in [2.24, 2.45) is 0 Å². The number of hydrogen-bond acceptors (Lipinski definition) is 5. The van der Waals surface area contributed by atoms with Crippen LogP contribution in [0.3, 0.4) is 0 Å². The Morgan fingerprint density at radius 2 is 1.70 bits per heavy atom. The number of anilines is 1. The largest absolute Gasteiger partial charge is 0.450 e. The molecule has 0 radical (unpaired) electrons. The minimum atomic E-state index is -4.08. The molecule has 160 valence electrons. The van der Waals surface area contributed by atoms with Crippen LogP contribution in [0.25, 0.3) is 0 Å². The van der Waals surface area contributed by atoms with Gasteiger partial charge in [-0.1, -0.05) is 18.2 Å². The zero-order chi connectivity index (χ0) is 21.7. The van der Waals surface area contributed by atoms with Crippen LogP contribution in [0.4, 0.5) is 14.9 Å². The number of halogens is 1. The molecule has 30 heavy (non-hydrogen) atoms. The van der Waals surface area contributed by atoms with Crippen molar-refractivity contribution in [2.45, 2.75) is 11.8 Å². The summed E-state index contributed by atoms with van der Waals surface area (Å²) in [4.78, 5) is 27.5. The first-order valence-corrected chi connectivity index (χ1v) is 10.9. The first kappa shape index (κ1) is 21.6. The Bertz CT molecular complexity index is 1040. The van der Waals surface area contributed by atoms with Gasteiger partial charge in [-0.25, -0.2) is 17.6 Å². The van der Waals surface area contributed by atoms with E-state index in [4.69, 9.17) is 4.74 Å². The second kappa shape index (κ2) is 9.12. The maximum atomic E-state index is 13.8. The van der Waals surface area contributed by atoms with Crippen LogP contribution < -0.4 is 4.72 Å². The lowest BCUT2D eigenvalue weighted by Gasteiger charge is -2.34. The van der Waals surface area contributed by atoms with E-state index in [1.165, 1.54) is 47.4 Å². The normalized spacial score (nSPS) is 14.3. The Balaban J connectivity index is 1.71. The van der Waals surface area contributed by atoms with Crippen LogP contribution in [0.5, 0.6) is 0 Å². The first-order valence-electron chi connectivity index (χ1n) is 9.40. The number of amides is 2. The van der Waals surface area contributed by atoms with Crippen molar-refractivity contribution >= 4 is 27.7 Å². The first-order chi connectivity index (χ1) is 14.3. The van der Waals surface area contributed by atoms with Crippen molar-refractivity contribution in [1.82, 2.24) is 9.80 Å². The fourth-order valence-electron chi connectivity index (χ4n) is 3.03. The summed E-state index contributed by atoms with van der Waals surface area (Å²) in [7, 11) is -4.08. The summed E-state index contributed by atoms with van der Waals surface area (Å²) in [6.45, 7) is 3.28. The SMILES string of the molecule is CCOC(=O)N1CCN(C(=O)c2cccc(S(=O)(=O)Nc3ccccc3F)c2)CC1. The van der Waals surface area contributed by atoms with Gasteiger partial charge >= 0.3 is 6.09 Å². The number of nitrogens with zero attached hydrogens (tertiary/aromatic N) is 2. The van der Waals surface area contributed by atoms with Crippen molar-refractivity contribution in [3.05, 3.63) is 59.9 Å². The van der Waals surface area contributed by atoms with Crippen LogP contribution >= 0.6 is 0 Å². The lowest BCUT2D eigenvalue weighted by Crippen LogP contribution is -2.50. The van der Waals surface area contributed by atoms with Gasteiger partial charge in [0.05, 0.1) is 17.2 Å². The minimum absolute atomic E-state index is 0.151. The van der Waals surface area contributed by atoms with E-state index in [1.807, 2.05) is 0 Å². The molecule has 1 aliphatic rings. The average molecular weight is 435 g/mol. The Hall–Kier alpha value is -3.14. The summed E-state index contributed by atoms with van der Waals surface area (Å²) >= 11 is 0. The van der Waals surface area contributed by atoms with Gasteiger partial charge in [0.25, 0.3) is 15.9 Å². The molecule has 0 aromatic heterocycles. The molecule has 0 spiro atoms. The number of piperazine rings is 1. The topological polar surface area (TPSA) is 96.0 Å². The number of rotatable bonds is 5. The Labute approximate surface area is 174 Å². The molecule has 2 aromatic rings. The third-order valence-corrected chi connectivity index (χ3v) is 5.97. The fourth-order valence-corrected chi connectivity index (χ4v) is 4.15. The van der Waals surface area contributed by atoms with Gasteiger partial charge in [-0.3, -0.25) is 9.52 Å². The number of carbonyl (C=O) groups excluding carboxylic acids is 2. The van der Waals surface area contributed by atoms with E-state index in [9.17, 15) is 22.4 Å². The van der Waals surface area contributed by atoms with Crippen LogP contribution in [-0.4, -0.2) is 63.0 Å². The standard InChI is InChI=1S/C20H22FN3O5S/c1-2-29-20(26)24-12-10-23(11-13-24)19(25)15-6-5-7-16(14-15)30(27,28)22-18-9-4-3-8-17(18)21/h3-9,14,22H,2,10-13H2,1H3. The third-order valence-electron chi connectivity index (χ3n) is 4.60. The van der Waals surface area contributed by atoms with E-state index in [-0.39, 0.29) is 28.7 Å². The van der Waals surface area contributed by atoms with Gasteiger partial charge in [-0.15, -0.1) is 0 Å². The van der Waals surface area contributed by atoms with Gasteiger partial charge in [-0.05, 0) is 37.3 Å². The quantitative estimate of drug-likeness (QED) is 0.779. The smallest absolute Gasteiger partial charge is 0.409 e. The number of nitrogens with one attached hydrogen (secondary N) is 1. The summed E-state index contributed by atoms with van der Waals surface area (Å²) in [5.41, 5.74) is 0.0142. The summed E-state index contributed by atoms with van der Waals surface area (Å²) in [6, 6.07) is 11.0. The van der Waals surface area contributed by atoms with Crippen LogP contribution in [-0.2, 0) is 14.8 Å². The third kappa shape index (κ3) is 4.88. The second-order valence-electron chi connectivity index (χ2n) is 6.59. The van der Waals surface area contributed by atoms with Gasteiger partial charge in [0, 0.05) is 31.7 Å². The van der Waals surface area contributed by atoms with Gasteiger partial charge in [-0.2, -0.15) is 0 Å². The van der Waals surface area contributed by atoms with Crippen molar-refractivity contribution in [3.8, 4) is 0 Å². The van der Waals surface area contributed by atoms with Crippen LogP contribution in [0.1, 0.15) is 17.3 Å². The molecule has 0 bridgehead atoms. The Morgan fingerprint density at radius 1 is 1.03 bits per heavy atom. The Morgan fingerprint density at radius 3 is 2.37 bits per heavy atom. The van der Waals surface area contributed by atoms with Crippen molar-refractivity contribution < 1.29 is 27.1 Å². The molecule has 0 aliphatic carbocycles. The van der Waals surface area contributed by atoms with E-state index in [2.05, 4.69) is 4.72 Å². The minimum Gasteiger partial charge on any atom is -0.450 e. The molecule has 10 heteroatoms. The van der Waals surface area contributed by atoms with Gasteiger partial charge in [0.2, 0.25) is 0 Å². The predicted molar refractivity (Wildman–Crippen MR) is 108 cm³/mol. The summed E-state index contributed by atoms with van der Waals surface area (Å²) in [5.74, 6) is -1.05. The molecule has 8 nitrogen and oxygen atoms in total. The maximum absolute atomic E-state index is 13.8. The number of sulfonamides is 1. The van der Waals surface area contributed by atoms with Crippen molar-refractivity contribution in [1.29, 1.82) is 0 Å². The highest BCUT2D eigenvalue weighted by molar-refractivity contribution is 7.92. The van der Waals surface area contributed by atoms with Crippen molar-refractivity contribution in [2.75, 3.05) is 37.5 Å². The van der Waals surface area contributed by atoms with Gasteiger partial charge in [0.1, 0.15) is 5.82 Å². The van der Waals surface area contributed by atoms with Gasteiger partial charge < -0.3 is 14.5 Å². The molecular weight excluding hydrogens is 413 g/mol. The zero-order valence-corrected chi connectivity index (χ0v) is 17.2. The van der Waals surface area contributed by atoms with Crippen LogP contribution in [0, 0.1) is 5.82 Å². The number of benzene rings is 2. The highest BCUT2D eigenvalue weighted by Crippen LogP contribution is 2.20. The highest BCUT2D eigenvalue weighted by Gasteiger charge is 2.26. The zero-order valence-electron chi connectivity index (χ0n) is 16.4. The number of para-hydroxylation sites is 1. The lowest BCUT2D eigenvalue weighted by atomic mass is 10.2. The van der Waals surface area contributed by atoms with Crippen LogP contribution in [0.15, 0.2) is 53.4 Å². The van der Waals surface area contributed by atoms with E-state index in [1.54, 1.807) is 11.8 Å². The Kier molecular flexibility index (Phi) is 6.56. The summed E-state index contributed by atoms with van der Waals surface area (Å²) < 4.78 is 46.2. The molecule has 0 saturated carbocycles. The monoisotopic (exact) mass is 435 g/mol. The van der Waals surface area contributed by atoms with E-state index in [0.717, 1.165) is 6.07 Å². The summed E-state index contributed by atoms with van der Waals surface area (Å²) in [6.07, 6.45) is -0.420. The predicted octanol–water partition coefficient (Wildman–Crippen LogP) is 2.54. The van der Waals surface area contributed by atoms with Crippen LogP contribution in [0.2, 0.25) is 0 Å². The molecule has 0 atom stereocenters. The van der Waals surface area contributed by atoms with E-state index >= 15 is 0 Å². The highest BCUT2D eigenvalue weighted by atomic mass is 32.2.